The Morgan fingerprint density at radius 1 is 0.933 bits per heavy atom. The monoisotopic (exact) mass is 446 g/mol. The number of sulfonamides is 1. The molecule has 0 aromatic heterocycles. The predicted molar refractivity (Wildman–Crippen MR) is 120 cm³/mol. The molecule has 0 saturated heterocycles. The Balaban J connectivity index is 1.53. The molecule has 0 N–H and O–H groups in total. The second-order valence-corrected chi connectivity index (χ2v) is 10.7. The van der Waals surface area contributed by atoms with Crippen LogP contribution in [0.3, 0.4) is 0 Å². The van der Waals surface area contributed by atoms with E-state index in [2.05, 4.69) is 0 Å². The van der Waals surface area contributed by atoms with Gasteiger partial charge >= 0.3 is 0 Å². The molecule has 0 radical (unpaired) electrons. The molecule has 0 aliphatic carbocycles. The molecule has 0 bridgehead atoms. The number of hydrogen-bond donors (Lipinski definition) is 0. The van der Waals surface area contributed by atoms with Crippen molar-refractivity contribution < 1.29 is 18.0 Å². The lowest BCUT2D eigenvalue weighted by Crippen LogP contribution is -2.32. The standard InChI is InChI=1S/C22H26N2O4S2/c1-15-13-16(2)20(17(3)14-15)30(27,28)23(4)9-11-29-12-10-24-21(25)18-7-5-6-8-19(18)22(24)26/h5-8,13-14H,9-12H2,1-4H3. The molecule has 1 aliphatic heterocycles. The number of rotatable bonds is 8. The van der Waals surface area contributed by atoms with Crippen LogP contribution in [0.2, 0.25) is 0 Å². The van der Waals surface area contributed by atoms with Gasteiger partial charge in [0.2, 0.25) is 10.0 Å². The van der Waals surface area contributed by atoms with Gasteiger partial charge in [0, 0.05) is 31.6 Å². The first-order valence-electron chi connectivity index (χ1n) is 9.71. The largest absolute Gasteiger partial charge is 0.274 e. The fraction of sp³-hybridized carbons (Fsp3) is 0.364. The third kappa shape index (κ3) is 4.31. The van der Waals surface area contributed by atoms with Crippen molar-refractivity contribution in [3.05, 3.63) is 64.2 Å². The molecule has 0 atom stereocenters. The summed E-state index contributed by atoms with van der Waals surface area (Å²) in [5, 5.41) is 0. The second-order valence-electron chi connectivity index (χ2n) is 7.47. The topological polar surface area (TPSA) is 74.8 Å². The Morgan fingerprint density at radius 2 is 1.47 bits per heavy atom. The summed E-state index contributed by atoms with van der Waals surface area (Å²) in [6.07, 6.45) is 0. The average molecular weight is 447 g/mol. The predicted octanol–water partition coefficient (Wildman–Crippen LogP) is 3.26. The number of hydrogen-bond acceptors (Lipinski definition) is 5. The van der Waals surface area contributed by atoms with Gasteiger partial charge in [-0.2, -0.15) is 11.8 Å². The number of fused-ring (bicyclic) bond motifs is 1. The van der Waals surface area contributed by atoms with E-state index in [-0.39, 0.29) is 11.8 Å². The molecule has 0 fully saturated rings. The maximum absolute atomic E-state index is 13.0. The molecule has 1 aliphatic rings. The van der Waals surface area contributed by atoms with E-state index in [0.717, 1.165) is 16.7 Å². The molecule has 1 heterocycles. The number of benzene rings is 2. The molecule has 160 valence electrons. The van der Waals surface area contributed by atoms with Crippen LogP contribution in [-0.4, -0.2) is 61.1 Å². The first-order chi connectivity index (χ1) is 14.1. The molecule has 2 amide bonds. The van der Waals surface area contributed by atoms with Crippen molar-refractivity contribution in [3.8, 4) is 0 Å². The van der Waals surface area contributed by atoms with Crippen LogP contribution in [0.25, 0.3) is 0 Å². The number of carbonyl (C=O) groups excluding carboxylic acids is 2. The summed E-state index contributed by atoms with van der Waals surface area (Å²) in [7, 11) is -1.99. The lowest BCUT2D eigenvalue weighted by molar-refractivity contribution is 0.0664. The van der Waals surface area contributed by atoms with Crippen molar-refractivity contribution in [2.24, 2.45) is 0 Å². The maximum atomic E-state index is 13.0. The van der Waals surface area contributed by atoms with Gasteiger partial charge in [-0.05, 0) is 44.0 Å². The number of nitrogens with zero attached hydrogens (tertiary/aromatic N) is 2. The van der Waals surface area contributed by atoms with Gasteiger partial charge in [-0.25, -0.2) is 12.7 Å². The van der Waals surface area contributed by atoms with Crippen LogP contribution in [0.1, 0.15) is 37.4 Å². The van der Waals surface area contributed by atoms with Crippen LogP contribution in [0.5, 0.6) is 0 Å². The highest BCUT2D eigenvalue weighted by Gasteiger charge is 2.34. The van der Waals surface area contributed by atoms with Crippen molar-refractivity contribution in [1.29, 1.82) is 0 Å². The summed E-state index contributed by atoms with van der Waals surface area (Å²) < 4.78 is 27.3. The summed E-state index contributed by atoms with van der Waals surface area (Å²) in [6.45, 7) is 6.24. The number of amides is 2. The molecule has 2 aromatic carbocycles. The maximum Gasteiger partial charge on any atom is 0.261 e. The van der Waals surface area contributed by atoms with Crippen LogP contribution in [0, 0.1) is 20.8 Å². The minimum atomic E-state index is -3.57. The number of aryl methyl sites for hydroxylation is 3. The summed E-state index contributed by atoms with van der Waals surface area (Å²) in [4.78, 5) is 26.4. The van der Waals surface area contributed by atoms with Crippen molar-refractivity contribution >= 4 is 33.6 Å². The normalized spacial score (nSPS) is 14.0. The van der Waals surface area contributed by atoms with E-state index in [9.17, 15) is 18.0 Å². The quantitative estimate of drug-likeness (QED) is 0.460. The van der Waals surface area contributed by atoms with Gasteiger partial charge in [-0.3, -0.25) is 14.5 Å². The van der Waals surface area contributed by atoms with Gasteiger partial charge in [0.25, 0.3) is 11.8 Å². The third-order valence-corrected chi connectivity index (χ3v) is 8.27. The Bertz CT molecular complexity index is 1040. The molecule has 0 saturated carbocycles. The first-order valence-corrected chi connectivity index (χ1v) is 12.3. The minimum Gasteiger partial charge on any atom is -0.274 e. The highest BCUT2D eigenvalue weighted by Crippen LogP contribution is 2.25. The van der Waals surface area contributed by atoms with Crippen LogP contribution in [0.4, 0.5) is 0 Å². The van der Waals surface area contributed by atoms with Gasteiger partial charge in [-0.15, -0.1) is 0 Å². The van der Waals surface area contributed by atoms with Gasteiger partial charge < -0.3 is 0 Å². The molecule has 2 aromatic rings. The molecule has 3 rings (SSSR count). The van der Waals surface area contributed by atoms with Crippen LogP contribution < -0.4 is 0 Å². The van der Waals surface area contributed by atoms with Gasteiger partial charge in [0.1, 0.15) is 0 Å². The van der Waals surface area contributed by atoms with Gasteiger partial charge in [0.15, 0.2) is 0 Å². The molecule has 6 nitrogen and oxygen atoms in total. The van der Waals surface area contributed by atoms with E-state index < -0.39 is 10.0 Å². The zero-order valence-electron chi connectivity index (χ0n) is 17.6. The van der Waals surface area contributed by atoms with E-state index in [1.54, 1.807) is 31.3 Å². The molecule has 0 spiro atoms. The van der Waals surface area contributed by atoms with Crippen molar-refractivity contribution in [2.45, 2.75) is 25.7 Å². The van der Waals surface area contributed by atoms with Crippen LogP contribution in [0.15, 0.2) is 41.3 Å². The summed E-state index contributed by atoms with van der Waals surface area (Å²) in [5.74, 6) is 0.604. The third-order valence-electron chi connectivity index (χ3n) is 5.16. The van der Waals surface area contributed by atoms with E-state index >= 15 is 0 Å². The van der Waals surface area contributed by atoms with E-state index in [0.29, 0.717) is 40.6 Å². The smallest absolute Gasteiger partial charge is 0.261 e. The zero-order chi connectivity index (χ0) is 22.1. The average Bonchev–Trinajstić information content (AvgIpc) is 2.91. The Labute approximate surface area is 182 Å². The Morgan fingerprint density at radius 3 is 2.00 bits per heavy atom. The number of imide groups is 1. The molecule has 8 heteroatoms. The van der Waals surface area contributed by atoms with Crippen LogP contribution >= 0.6 is 11.8 Å². The lowest BCUT2D eigenvalue weighted by Gasteiger charge is -2.20. The van der Waals surface area contributed by atoms with Crippen molar-refractivity contribution in [2.75, 3.05) is 31.6 Å². The van der Waals surface area contributed by atoms with E-state index in [1.807, 2.05) is 32.9 Å². The fourth-order valence-electron chi connectivity index (χ4n) is 3.74. The lowest BCUT2D eigenvalue weighted by atomic mass is 10.1. The van der Waals surface area contributed by atoms with Crippen molar-refractivity contribution in [3.63, 3.8) is 0 Å². The summed E-state index contributed by atoms with van der Waals surface area (Å²) >= 11 is 1.52. The van der Waals surface area contributed by atoms with Gasteiger partial charge in [0.05, 0.1) is 16.0 Å². The molecule has 0 unspecified atom stereocenters. The summed E-state index contributed by atoms with van der Waals surface area (Å²) in [5.41, 5.74) is 3.43. The van der Waals surface area contributed by atoms with E-state index in [1.165, 1.54) is 21.0 Å². The minimum absolute atomic E-state index is 0.263. The molecular weight excluding hydrogens is 420 g/mol. The highest BCUT2D eigenvalue weighted by molar-refractivity contribution is 7.99. The number of carbonyl (C=O) groups is 2. The Hall–Kier alpha value is -2.16. The van der Waals surface area contributed by atoms with Gasteiger partial charge in [-0.1, -0.05) is 29.8 Å². The molecular formula is C22H26N2O4S2. The van der Waals surface area contributed by atoms with E-state index in [4.69, 9.17) is 0 Å². The Kier molecular flexibility index (Phi) is 6.69. The first kappa shape index (κ1) is 22.5. The molecule has 30 heavy (non-hydrogen) atoms. The second kappa shape index (κ2) is 8.91. The zero-order valence-corrected chi connectivity index (χ0v) is 19.3. The van der Waals surface area contributed by atoms with Crippen molar-refractivity contribution in [1.82, 2.24) is 9.21 Å². The highest BCUT2D eigenvalue weighted by atomic mass is 32.2. The fourth-order valence-corrected chi connectivity index (χ4v) is 6.35. The van der Waals surface area contributed by atoms with Crippen LogP contribution in [-0.2, 0) is 10.0 Å². The number of thioether (sulfide) groups is 1. The SMILES string of the molecule is Cc1cc(C)c(S(=O)(=O)N(C)CCSCCN2C(=O)c3ccccc3C2=O)c(C)c1. The summed E-state index contributed by atoms with van der Waals surface area (Å²) in [6, 6.07) is 10.6.